The molecule has 27 heavy (non-hydrogen) atoms. The van der Waals surface area contributed by atoms with Gasteiger partial charge in [0.15, 0.2) is 0 Å². The van der Waals surface area contributed by atoms with Crippen LogP contribution in [-0.4, -0.2) is 19.1 Å². The second-order valence-corrected chi connectivity index (χ2v) is 7.20. The molecule has 1 N–H and O–H groups in total. The fourth-order valence-electron chi connectivity index (χ4n) is 2.41. The summed E-state index contributed by atoms with van der Waals surface area (Å²) in [4.78, 5) is 12.2. The third-order valence-corrected chi connectivity index (χ3v) is 4.92. The molecule has 0 spiro atoms. The number of nitrogens with one attached hydrogen (secondary N) is 1. The number of nitro groups is 1. The number of non-ortho nitro benzene ring substituents is 1. The molecule has 3 aromatic rings. The minimum atomic E-state index is -4.07. The first-order valence-corrected chi connectivity index (χ1v) is 9.40. The van der Waals surface area contributed by atoms with Crippen LogP contribution in [0.1, 0.15) is 11.1 Å². The lowest BCUT2D eigenvalue weighted by Gasteiger charge is -2.09. The van der Waals surface area contributed by atoms with E-state index in [1.54, 1.807) is 0 Å². The van der Waals surface area contributed by atoms with Crippen LogP contribution in [0.4, 0.5) is 5.69 Å². The Hall–Kier alpha value is -3.52. The lowest BCUT2D eigenvalue weighted by molar-refractivity contribution is -0.385. The molecule has 3 rings (SSSR count). The maximum absolute atomic E-state index is 12.5. The van der Waals surface area contributed by atoms with E-state index in [1.165, 1.54) is 18.2 Å². The Kier molecular flexibility index (Phi) is 5.28. The van der Waals surface area contributed by atoms with Gasteiger partial charge in [-0.3, -0.25) is 10.1 Å². The summed E-state index contributed by atoms with van der Waals surface area (Å²) in [6, 6.07) is 23.0. The molecule has 0 radical (unpaired) electrons. The fourth-order valence-corrected chi connectivity index (χ4v) is 3.26. The Morgan fingerprint density at radius 3 is 1.93 bits per heavy atom. The molecule has 136 valence electrons. The van der Waals surface area contributed by atoms with Crippen molar-refractivity contribution in [2.45, 2.75) is 4.90 Å². The largest absolute Gasteiger partial charge is 0.276 e. The average Bonchev–Trinajstić information content (AvgIpc) is 2.70. The summed E-state index contributed by atoms with van der Waals surface area (Å²) < 4.78 is 25.1. The Bertz CT molecular complexity index is 1040. The van der Waals surface area contributed by atoms with Gasteiger partial charge in [-0.15, -0.1) is 0 Å². The Morgan fingerprint density at radius 1 is 0.852 bits per heavy atom. The highest BCUT2D eigenvalue weighted by Gasteiger charge is 2.18. The summed E-state index contributed by atoms with van der Waals surface area (Å²) in [7, 11) is -4.07. The molecule has 0 saturated heterocycles. The Balaban J connectivity index is 1.99. The van der Waals surface area contributed by atoms with Gasteiger partial charge in [0.2, 0.25) is 0 Å². The zero-order valence-corrected chi connectivity index (χ0v) is 14.8. The van der Waals surface area contributed by atoms with Gasteiger partial charge in [-0.05, 0) is 6.07 Å². The summed E-state index contributed by atoms with van der Waals surface area (Å²) >= 11 is 0. The van der Waals surface area contributed by atoms with Crippen LogP contribution in [0.25, 0.3) is 0 Å². The third kappa shape index (κ3) is 4.36. The van der Waals surface area contributed by atoms with Gasteiger partial charge in [0.05, 0.1) is 15.5 Å². The van der Waals surface area contributed by atoms with Gasteiger partial charge in [0.1, 0.15) is 0 Å². The highest BCUT2D eigenvalue weighted by atomic mass is 32.2. The smallest absolute Gasteiger partial charge is 0.258 e. The van der Waals surface area contributed by atoms with E-state index in [4.69, 9.17) is 0 Å². The fraction of sp³-hybridized carbons (Fsp3) is 0. The molecule has 0 amide bonds. The van der Waals surface area contributed by atoms with Crippen LogP contribution < -0.4 is 4.83 Å². The highest BCUT2D eigenvalue weighted by molar-refractivity contribution is 7.89. The number of hydrogen-bond acceptors (Lipinski definition) is 5. The molecule has 0 bridgehead atoms. The summed E-state index contributed by atoms with van der Waals surface area (Å²) in [6.45, 7) is 0. The molecule has 0 aromatic heterocycles. The predicted molar refractivity (Wildman–Crippen MR) is 102 cm³/mol. The first-order chi connectivity index (χ1) is 13.0. The number of nitrogens with zero attached hydrogens (tertiary/aromatic N) is 2. The number of nitro benzene ring substituents is 1. The maximum Gasteiger partial charge on any atom is 0.276 e. The van der Waals surface area contributed by atoms with Crippen molar-refractivity contribution in [3.05, 3.63) is 106 Å². The van der Waals surface area contributed by atoms with Crippen molar-refractivity contribution in [3.63, 3.8) is 0 Å². The molecule has 7 nitrogen and oxygen atoms in total. The molecule has 0 aliphatic carbocycles. The van der Waals surface area contributed by atoms with E-state index in [9.17, 15) is 18.5 Å². The van der Waals surface area contributed by atoms with Crippen LogP contribution in [0, 0.1) is 10.1 Å². The van der Waals surface area contributed by atoms with Gasteiger partial charge in [-0.25, -0.2) is 0 Å². The van der Waals surface area contributed by atoms with Crippen molar-refractivity contribution in [3.8, 4) is 0 Å². The van der Waals surface area contributed by atoms with Crippen LogP contribution >= 0.6 is 0 Å². The van der Waals surface area contributed by atoms with Crippen LogP contribution in [0.15, 0.2) is 94.9 Å². The quantitative estimate of drug-likeness (QED) is 0.402. The normalized spacial score (nSPS) is 10.8. The van der Waals surface area contributed by atoms with E-state index in [0.29, 0.717) is 5.71 Å². The standard InChI is InChI=1S/C19H15N3O4S/c23-22(24)17-12-7-13-18(14-17)27(25,26)21-20-19(15-8-3-1-4-9-15)16-10-5-2-6-11-16/h1-14,21H. The molecular weight excluding hydrogens is 366 g/mol. The minimum absolute atomic E-state index is 0.235. The van der Waals surface area contributed by atoms with Gasteiger partial charge in [0.25, 0.3) is 15.7 Å². The number of hydrogen-bond donors (Lipinski definition) is 1. The average molecular weight is 381 g/mol. The Labute approximate surface area is 156 Å². The molecule has 8 heteroatoms. The van der Waals surface area contributed by atoms with E-state index in [2.05, 4.69) is 9.93 Å². The van der Waals surface area contributed by atoms with Crippen molar-refractivity contribution in [1.82, 2.24) is 4.83 Å². The lowest BCUT2D eigenvalue weighted by Crippen LogP contribution is -2.21. The van der Waals surface area contributed by atoms with Crippen molar-refractivity contribution >= 4 is 21.4 Å². The number of benzene rings is 3. The molecular formula is C19H15N3O4S. The van der Waals surface area contributed by atoms with Crippen LogP contribution in [0.2, 0.25) is 0 Å². The Morgan fingerprint density at radius 2 is 1.41 bits per heavy atom. The first kappa shape index (κ1) is 18.3. The van der Waals surface area contributed by atoms with Gasteiger partial charge >= 0.3 is 0 Å². The van der Waals surface area contributed by atoms with Crippen LogP contribution in [-0.2, 0) is 10.0 Å². The monoisotopic (exact) mass is 381 g/mol. The van der Waals surface area contributed by atoms with Crippen LogP contribution in [0.5, 0.6) is 0 Å². The SMILES string of the molecule is O=[N+]([O-])c1cccc(S(=O)(=O)NN=C(c2ccccc2)c2ccccc2)c1. The predicted octanol–water partition coefficient (Wildman–Crippen LogP) is 3.33. The van der Waals surface area contributed by atoms with Gasteiger partial charge in [-0.1, -0.05) is 66.7 Å². The molecule has 3 aromatic carbocycles. The number of rotatable bonds is 6. The van der Waals surface area contributed by atoms with Crippen molar-refractivity contribution in [2.24, 2.45) is 5.10 Å². The van der Waals surface area contributed by atoms with E-state index < -0.39 is 14.9 Å². The van der Waals surface area contributed by atoms with Crippen molar-refractivity contribution < 1.29 is 13.3 Å². The molecule has 0 aliphatic rings. The zero-order valence-electron chi connectivity index (χ0n) is 14.0. The van der Waals surface area contributed by atoms with E-state index >= 15 is 0 Å². The summed E-state index contributed by atoms with van der Waals surface area (Å²) in [5.41, 5.74) is 1.58. The lowest BCUT2D eigenvalue weighted by atomic mass is 10.0. The van der Waals surface area contributed by atoms with Crippen LogP contribution in [0.3, 0.4) is 0 Å². The number of sulfonamides is 1. The maximum atomic E-state index is 12.5. The van der Waals surface area contributed by atoms with Gasteiger partial charge in [0, 0.05) is 23.3 Å². The molecule has 0 unspecified atom stereocenters. The topological polar surface area (TPSA) is 102 Å². The minimum Gasteiger partial charge on any atom is -0.258 e. The van der Waals surface area contributed by atoms with Crippen molar-refractivity contribution in [2.75, 3.05) is 0 Å². The summed E-state index contributed by atoms with van der Waals surface area (Å²) in [5.74, 6) is 0. The first-order valence-electron chi connectivity index (χ1n) is 7.92. The second-order valence-electron chi connectivity index (χ2n) is 5.54. The summed E-state index contributed by atoms with van der Waals surface area (Å²) in [6.07, 6.45) is 0. The van der Waals surface area contributed by atoms with Gasteiger partial charge < -0.3 is 0 Å². The van der Waals surface area contributed by atoms with E-state index in [0.717, 1.165) is 17.2 Å². The van der Waals surface area contributed by atoms with Crippen molar-refractivity contribution in [1.29, 1.82) is 0 Å². The van der Waals surface area contributed by atoms with E-state index in [1.807, 2.05) is 60.7 Å². The summed E-state index contributed by atoms with van der Waals surface area (Å²) in [5, 5.41) is 15.0. The number of hydrazone groups is 1. The van der Waals surface area contributed by atoms with Gasteiger partial charge in [-0.2, -0.15) is 18.4 Å². The second kappa shape index (κ2) is 7.79. The molecule has 0 saturated carbocycles. The molecule has 0 fully saturated rings. The highest BCUT2D eigenvalue weighted by Crippen LogP contribution is 2.17. The third-order valence-electron chi connectivity index (χ3n) is 3.71. The molecule has 0 heterocycles. The molecule has 0 atom stereocenters. The molecule has 0 aliphatic heterocycles. The van der Waals surface area contributed by atoms with E-state index in [-0.39, 0.29) is 10.6 Å². The zero-order chi connectivity index (χ0) is 19.3.